The van der Waals surface area contributed by atoms with Crippen molar-refractivity contribution in [2.75, 3.05) is 5.75 Å². The molecular formula is C17H17N3O5S2. The van der Waals surface area contributed by atoms with Gasteiger partial charge in [-0.3, -0.25) is 14.9 Å². The molecule has 0 bridgehead atoms. The summed E-state index contributed by atoms with van der Waals surface area (Å²) in [5.74, 6) is -1.05. The Morgan fingerprint density at radius 3 is 2.67 bits per heavy atom. The third kappa shape index (κ3) is 4.72. The number of aryl methyl sites for hydroxylation is 1. The molecule has 0 aliphatic heterocycles. The number of amides is 1. The second-order valence-corrected chi connectivity index (χ2v) is 7.80. The SMILES string of the molecule is CCSc1sc(CC)c(C(=O)O)c1C=NNC(=O)c1ccccc1[N+](=O)[O-]. The van der Waals surface area contributed by atoms with Crippen molar-refractivity contribution in [2.24, 2.45) is 5.10 Å². The number of aromatic carboxylic acids is 1. The Labute approximate surface area is 163 Å². The monoisotopic (exact) mass is 407 g/mol. The number of nitro benzene ring substituents is 1. The third-order valence-electron chi connectivity index (χ3n) is 3.50. The number of hydrogen-bond acceptors (Lipinski definition) is 7. The Kier molecular flexibility index (Phi) is 7.08. The molecule has 8 nitrogen and oxygen atoms in total. The number of nitrogens with one attached hydrogen (secondary N) is 1. The van der Waals surface area contributed by atoms with E-state index in [9.17, 15) is 24.8 Å². The van der Waals surface area contributed by atoms with Gasteiger partial charge in [-0.1, -0.05) is 26.0 Å². The number of thiophene rings is 1. The summed E-state index contributed by atoms with van der Waals surface area (Å²) in [6.45, 7) is 3.82. The van der Waals surface area contributed by atoms with Crippen LogP contribution >= 0.6 is 23.1 Å². The summed E-state index contributed by atoms with van der Waals surface area (Å²) in [6, 6.07) is 5.52. The van der Waals surface area contributed by atoms with Crippen LogP contribution in [-0.2, 0) is 6.42 Å². The number of nitro groups is 1. The number of hydrogen-bond donors (Lipinski definition) is 2. The minimum absolute atomic E-state index is 0.124. The Hall–Kier alpha value is -2.72. The van der Waals surface area contributed by atoms with Crippen LogP contribution in [0.2, 0.25) is 0 Å². The molecule has 1 aromatic heterocycles. The molecule has 1 amide bonds. The first-order valence-electron chi connectivity index (χ1n) is 7.99. The van der Waals surface area contributed by atoms with E-state index in [1.54, 1.807) is 0 Å². The van der Waals surface area contributed by atoms with Gasteiger partial charge in [0.1, 0.15) is 5.56 Å². The van der Waals surface area contributed by atoms with Crippen LogP contribution < -0.4 is 5.43 Å². The molecule has 1 heterocycles. The molecule has 0 aliphatic carbocycles. The topological polar surface area (TPSA) is 122 Å². The van der Waals surface area contributed by atoms with Gasteiger partial charge in [-0.25, -0.2) is 10.2 Å². The van der Waals surface area contributed by atoms with Gasteiger partial charge in [-0.2, -0.15) is 5.10 Å². The second-order valence-electron chi connectivity index (χ2n) is 5.17. The number of carboxylic acid groups (broad SMARTS) is 1. The minimum Gasteiger partial charge on any atom is -0.478 e. The number of nitrogens with zero attached hydrogens (tertiary/aromatic N) is 2. The first kappa shape index (κ1) is 20.6. The van der Waals surface area contributed by atoms with Crippen molar-refractivity contribution in [2.45, 2.75) is 24.5 Å². The maximum Gasteiger partial charge on any atom is 0.337 e. The number of carbonyl (C=O) groups is 2. The molecule has 0 atom stereocenters. The normalized spacial score (nSPS) is 10.9. The van der Waals surface area contributed by atoms with Gasteiger partial charge in [0.15, 0.2) is 0 Å². The summed E-state index contributed by atoms with van der Waals surface area (Å²) in [5, 5.41) is 24.4. The van der Waals surface area contributed by atoms with E-state index in [0.29, 0.717) is 12.0 Å². The van der Waals surface area contributed by atoms with Crippen LogP contribution in [0.5, 0.6) is 0 Å². The van der Waals surface area contributed by atoms with E-state index in [1.807, 2.05) is 13.8 Å². The Morgan fingerprint density at radius 2 is 2.07 bits per heavy atom. The van der Waals surface area contributed by atoms with Crippen molar-refractivity contribution < 1.29 is 19.6 Å². The van der Waals surface area contributed by atoms with Crippen LogP contribution in [0.25, 0.3) is 0 Å². The van der Waals surface area contributed by atoms with Crippen molar-refractivity contribution in [3.63, 3.8) is 0 Å². The number of carbonyl (C=O) groups excluding carboxylic acids is 1. The highest BCUT2D eigenvalue weighted by Gasteiger charge is 2.22. The first-order valence-corrected chi connectivity index (χ1v) is 9.79. The quantitative estimate of drug-likeness (QED) is 0.297. The maximum absolute atomic E-state index is 12.2. The highest BCUT2D eigenvalue weighted by molar-refractivity contribution is 8.01. The first-order chi connectivity index (χ1) is 12.9. The van der Waals surface area contributed by atoms with Gasteiger partial charge in [-0.15, -0.1) is 23.1 Å². The van der Waals surface area contributed by atoms with Gasteiger partial charge in [0.05, 0.1) is 20.9 Å². The van der Waals surface area contributed by atoms with Gasteiger partial charge in [0.2, 0.25) is 0 Å². The van der Waals surface area contributed by atoms with Gasteiger partial charge in [0, 0.05) is 16.5 Å². The number of benzene rings is 1. The van der Waals surface area contributed by atoms with E-state index in [-0.39, 0.29) is 16.8 Å². The van der Waals surface area contributed by atoms with Crippen LogP contribution in [0, 0.1) is 10.1 Å². The molecule has 2 aromatic rings. The van der Waals surface area contributed by atoms with Crippen molar-refractivity contribution in [1.29, 1.82) is 0 Å². The lowest BCUT2D eigenvalue weighted by Gasteiger charge is -2.02. The van der Waals surface area contributed by atoms with Crippen molar-refractivity contribution in [3.8, 4) is 0 Å². The van der Waals surface area contributed by atoms with Gasteiger partial charge in [-0.05, 0) is 18.2 Å². The Bertz CT molecular complexity index is 908. The summed E-state index contributed by atoms with van der Waals surface area (Å²) in [7, 11) is 0. The lowest BCUT2D eigenvalue weighted by molar-refractivity contribution is -0.385. The van der Waals surface area contributed by atoms with Gasteiger partial charge in [0.25, 0.3) is 11.6 Å². The molecule has 10 heteroatoms. The Morgan fingerprint density at radius 1 is 1.37 bits per heavy atom. The van der Waals surface area contributed by atoms with E-state index in [4.69, 9.17) is 0 Å². The van der Waals surface area contributed by atoms with Crippen LogP contribution in [0.4, 0.5) is 5.69 Å². The van der Waals surface area contributed by atoms with Crippen LogP contribution in [0.1, 0.15) is 45.0 Å². The highest BCUT2D eigenvalue weighted by Crippen LogP contribution is 2.35. The lowest BCUT2D eigenvalue weighted by atomic mass is 10.1. The lowest BCUT2D eigenvalue weighted by Crippen LogP contribution is -2.19. The fraction of sp³-hybridized carbons (Fsp3) is 0.235. The minimum atomic E-state index is -1.06. The Balaban J connectivity index is 2.31. The predicted molar refractivity (Wildman–Crippen MR) is 105 cm³/mol. The predicted octanol–water partition coefficient (Wildman–Crippen LogP) is 3.79. The van der Waals surface area contributed by atoms with Crippen LogP contribution in [0.15, 0.2) is 33.6 Å². The molecule has 0 fully saturated rings. The summed E-state index contributed by atoms with van der Waals surface area (Å²) < 4.78 is 0.801. The molecule has 2 rings (SSSR count). The molecule has 1 aromatic carbocycles. The molecule has 0 unspecified atom stereocenters. The van der Waals surface area contributed by atoms with Crippen LogP contribution in [0.3, 0.4) is 0 Å². The van der Waals surface area contributed by atoms with Crippen molar-refractivity contribution in [1.82, 2.24) is 5.43 Å². The summed E-state index contributed by atoms with van der Waals surface area (Å²) in [6.07, 6.45) is 1.85. The van der Waals surface area contributed by atoms with E-state index < -0.39 is 16.8 Å². The molecule has 0 radical (unpaired) electrons. The van der Waals surface area contributed by atoms with Gasteiger partial charge < -0.3 is 5.11 Å². The zero-order chi connectivity index (χ0) is 20.0. The average Bonchev–Trinajstić information content (AvgIpc) is 2.99. The molecule has 0 spiro atoms. The number of para-hydroxylation sites is 1. The number of carboxylic acids is 1. The van der Waals surface area contributed by atoms with Crippen molar-refractivity contribution >= 4 is 46.9 Å². The van der Waals surface area contributed by atoms with Crippen LogP contribution in [-0.4, -0.2) is 33.9 Å². The molecular weight excluding hydrogens is 390 g/mol. The molecule has 0 saturated heterocycles. The molecule has 27 heavy (non-hydrogen) atoms. The van der Waals surface area contributed by atoms with E-state index in [2.05, 4.69) is 10.5 Å². The van der Waals surface area contributed by atoms with E-state index >= 15 is 0 Å². The highest BCUT2D eigenvalue weighted by atomic mass is 32.2. The maximum atomic E-state index is 12.2. The third-order valence-corrected chi connectivity index (χ3v) is 6.02. The molecule has 0 aliphatic rings. The number of rotatable bonds is 8. The number of thioether (sulfide) groups is 1. The largest absolute Gasteiger partial charge is 0.478 e. The van der Waals surface area contributed by atoms with E-state index in [0.717, 1.165) is 14.8 Å². The molecule has 142 valence electrons. The fourth-order valence-corrected chi connectivity index (χ4v) is 4.75. The van der Waals surface area contributed by atoms with Gasteiger partial charge >= 0.3 is 5.97 Å². The molecule has 0 saturated carbocycles. The molecule has 2 N–H and O–H groups in total. The smallest absolute Gasteiger partial charge is 0.337 e. The second kappa shape index (κ2) is 9.28. The zero-order valence-electron chi connectivity index (χ0n) is 14.6. The summed E-state index contributed by atoms with van der Waals surface area (Å²) in [5.41, 5.74) is 2.38. The average molecular weight is 407 g/mol. The zero-order valence-corrected chi connectivity index (χ0v) is 16.2. The standard InChI is InChI=1S/C17H17N3O5S2/c1-3-13-14(16(22)23)11(17(27-13)26-4-2)9-18-19-15(21)10-7-5-6-8-12(10)20(24)25/h5-9H,3-4H2,1-2H3,(H,19,21)(H,22,23). The summed E-state index contributed by atoms with van der Waals surface area (Å²) >= 11 is 2.88. The van der Waals surface area contributed by atoms with E-state index in [1.165, 1.54) is 53.6 Å². The van der Waals surface area contributed by atoms with Crippen molar-refractivity contribution in [3.05, 3.63) is 55.9 Å². The number of hydrazone groups is 1. The summed E-state index contributed by atoms with van der Waals surface area (Å²) in [4.78, 5) is 34.9. The fourth-order valence-electron chi connectivity index (χ4n) is 2.35.